The van der Waals surface area contributed by atoms with Gasteiger partial charge in [-0.05, 0) is 42.7 Å². The number of pyridine rings is 2. The van der Waals surface area contributed by atoms with Gasteiger partial charge in [-0.1, -0.05) is 26.0 Å². The first-order chi connectivity index (χ1) is 17.7. The standard InChI is InChI=1S/C27H31N5O4S/c1-5-19-14-32-20(15-31(19)22(6-2)17-7-10-21(11-8-17)37(4,34)35)16-36-26-25(32)24-23(30(3)27(26)33)12-9-18(13-28)29-24/h7-12,19-20,22H,5-6,14-16H2,1-4H3/t19-,20+,22-/m1/s1. The summed E-state index contributed by atoms with van der Waals surface area (Å²) >= 11 is 0. The summed E-state index contributed by atoms with van der Waals surface area (Å²) in [5.41, 5.74) is 3.12. The molecule has 0 saturated carbocycles. The summed E-state index contributed by atoms with van der Waals surface area (Å²) in [6, 6.07) is 13.0. The number of aromatic nitrogens is 2. The topological polar surface area (TPSA) is 109 Å². The highest BCUT2D eigenvalue weighted by Gasteiger charge is 2.42. The van der Waals surface area contributed by atoms with Crippen molar-refractivity contribution < 1.29 is 13.2 Å². The monoisotopic (exact) mass is 521 g/mol. The second-order valence-corrected chi connectivity index (χ2v) is 11.9. The molecule has 2 aromatic heterocycles. The summed E-state index contributed by atoms with van der Waals surface area (Å²) in [7, 11) is -1.56. The predicted molar refractivity (Wildman–Crippen MR) is 142 cm³/mol. The number of fused-ring (bicyclic) bond motifs is 5. The lowest BCUT2D eigenvalue weighted by Gasteiger charge is -2.51. The molecule has 0 amide bonds. The van der Waals surface area contributed by atoms with Crippen molar-refractivity contribution in [2.24, 2.45) is 7.05 Å². The van der Waals surface area contributed by atoms with E-state index in [-0.39, 0.29) is 23.7 Å². The maximum atomic E-state index is 13.2. The number of sulfone groups is 1. The van der Waals surface area contributed by atoms with Gasteiger partial charge >= 0.3 is 0 Å². The van der Waals surface area contributed by atoms with Gasteiger partial charge in [0.15, 0.2) is 9.84 Å². The normalized spacial score (nSPS) is 20.6. The zero-order valence-corrected chi connectivity index (χ0v) is 22.3. The Kier molecular flexibility index (Phi) is 6.46. The highest BCUT2D eigenvalue weighted by Crippen LogP contribution is 2.41. The number of piperazine rings is 1. The number of nitriles is 1. The van der Waals surface area contributed by atoms with Gasteiger partial charge in [-0.25, -0.2) is 13.4 Å². The van der Waals surface area contributed by atoms with E-state index in [2.05, 4.69) is 34.7 Å². The molecular formula is C27H31N5O4S. The molecule has 37 heavy (non-hydrogen) atoms. The predicted octanol–water partition coefficient (Wildman–Crippen LogP) is 3.02. The lowest BCUT2D eigenvalue weighted by Crippen LogP contribution is -2.62. The number of hydrogen-bond acceptors (Lipinski definition) is 8. The van der Waals surface area contributed by atoms with Gasteiger partial charge in [-0.15, -0.1) is 0 Å². The largest absolute Gasteiger partial charge is 0.484 e. The smallest absolute Gasteiger partial charge is 0.295 e. The van der Waals surface area contributed by atoms with Crippen LogP contribution in [0.25, 0.3) is 11.0 Å². The molecule has 9 nitrogen and oxygen atoms in total. The third kappa shape index (κ3) is 4.26. The summed E-state index contributed by atoms with van der Waals surface area (Å²) in [6.07, 6.45) is 2.99. The maximum absolute atomic E-state index is 13.2. The molecule has 1 fully saturated rings. The van der Waals surface area contributed by atoms with Crippen LogP contribution < -0.4 is 15.2 Å². The van der Waals surface area contributed by atoms with Gasteiger partial charge in [0.05, 0.1) is 16.5 Å². The van der Waals surface area contributed by atoms with E-state index in [0.29, 0.717) is 46.2 Å². The van der Waals surface area contributed by atoms with Crippen molar-refractivity contribution in [1.82, 2.24) is 14.5 Å². The maximum Gasteiger partial charge on any atom is 0.295 e. The fourth-order valence-corrected chi connectivity index (χ4v) is 6.37. The van der Waals surface area contributed by atoms with Crippen LogP contribution in [0.3, 0.4) is 0 Å². The molecule has 10 heteroatoms. The van der Waals surface area contributed by atoms with Gasteiger partial charge in [0, 0.05) is 38.5 Å². The molecule has 5 rings (SSSR count). The summed E-state index contributed by atoms with van der Waals surface area (Å²) in [5, 5.41) is 9.46. The highest BCUT2D eigenvalue weighted by atomic mass is 32.2. The average Bonchev–Trinajstić information content (AvgIpc) is 2.90. The van der Waals surface area contributed by atoms with E-state index in [1.807, 2.05) is 12.1 Å². The number of anilines is 1. The van der Waals surface area contributed by atoms with Crippen molar-refractivity contribution in [3.8, 4) is 11.8 Å². The summed E-state index contributed by atoms with van der Waals surface area (Å²) < 4.78 is 31.5. The number of benzene rings is 1. The molecule has 0 N–H and O–H groups in total. The third-order valence-corrected chi connectivity index (χ3v) is 8.81. The lowest BCUT2D eigenvalue weighted by atomic mass is 9.95. The van der Waals surface area contributed by atoms with Crippen LogP contribution >= 0.6 is 0 Å². The zero-order valence-electron chi connectivity index (χ0n) is 21.5. The van der Waals surface area contributed by atoms with E-state index in [9.17, 15) is 18.5 Å². The first kappa shape index (κ1) is 25.2. The van der Waals surface area contributed by atoms with Gasteiger partial charge < -0.3 is 14.2 Å². The Morgan fingerprint density at radius 3 is 2.51 bits per heavy atom. The fraction of sp³-hybridized carbons (Fsp3) is 0.444. The lowest BCUT2D eigenvalue weighted by molar-refractivity contribution is 0.0720. The molecule has 0 aliphatic carbocycles. The van der Waals surface area contributed by atoms with Crippen molar-refractivity contribution in [2.75, 3.05) is 30.9 Å². The molecule has 1 saturated heterocycles. The SMILES string of the molecule is CC[C@@H]1CN2c3c(c(=O)n(C)c4ccc(C#N)nc34)OC[C@@H]2CN1[C@H](CC)c1ccc(S(C)(=O)=O)cc1. The van der Waals surface area contributed by atoms with Gasteiger partial charge in [-0.2, -0.15) is 5.26 Å². The van der Waals surface area contributed by atoms with E-state index in [0.717, 1.165) is 24.9 Å². The minimum absolute atomic E-state index is 0.00231. The molecule has 2 aliphatic rings. The quantitative estimate of drug-likeness (QED) is 0.504. The van der Waals surface area contributed by atoms with Gasteiger partial charge in [-0.3, -0.25) is 9.69 Å². The number of hydrogen-bond donors (Lipinski definition) is 0. The van der Waals surface area contributed by atoms with Crippen molar-refractivity contribution in [3.63, 3.8) is 0 Å². The second kappa shape index (κ2) is 9.47. The van der Waals surface area contributed by atoms with E-state index >= 15 is 0 Å². The molecule has 4 heterocycles. The first-order valence-electron chi connectivity index (χ1n) is 12.6. The molecule has 3 atom stereocenters. The van der Waals surface area contributed by atoms with Crippen molar-refractivity contribution in [2.45, 2.75) is 49.7 Å². The van der Waals surface area contributed by atoms with Crippen LogP contribution in [-0.2, 0) is 16.9 Å². The number of rotatable bonds is 5. The van der Waals surface area contributed by atoms with E-state index in [1.165, 1.54) is 10.8 Å². The van der Waals surface area contributed by atoms with E-state index in [1.54, 1.807) is 31.3 Å². The molecule has 0 bridgehead atoms. The number of aryl methyl sites for hydroxylation is 1. The Morgan fingerprint density at radius 1 is 1.16 bits per heavy atom. The average molecular weight is 522 g/mol. The number of ether oxygens (including phenoxy) is 1. The van der Waals surface area contributed by atoms with Crippen LogP contribution in [0, 0.1) is 11.3 Å². The molecule has 194 valence electrons. The Morgan fingerprint density at radius 2 is 1.89 bits per heavy atom. The third-order valence-electron chi connectivity index (χ3n) is 7.69. The minimum Gasteiger partial charge on any atom is -0.484 e. The Bertz CT molecular complexity index is 1560. The van der Waals surface area contributed by atoms with Crippen molar-refractivity contribution in [3.05, 3.63) is 58.0 Å². The molecule has 1 aromatic carbocycles. The molecule has 0 unspecified atom stereocenters. The van der Waals surface area contributed by atoms with Crippen LogP contribution in [0.4, 0.5) is 5.69 Å². The van der Waals surface area contributed by atoms with Crippen LogP contribution in [0.15, 0.2) is 46.1 Å². The van der Waals surface area contributed by atoms with Gasteiger partial charge in [0.2, 0.25) is 5.75 Å². The molecular weight excluding hydrogens is 490 g/mol. The van der Waals surface area contributed by atoms with E-state index in [4.69, 9.17) is 4.74 Å². The molecule has 2 aliphatic heterocycles. The van der Waals surface area contributed by atoms with Gasteiger partial charge in [0.25, 0.3) is 5.56 Å². The second-order valence-electron chi connectivity index (χ2n) is 9.86. The first-order valence-corrected chi connectivity index (χ1v) is 14.5. The molecule has 0 radical (unpaired) electrons. The van der Waals surface area contributed by atoms with Crippen LogP contribution in [0.5, 0.6) is 5.75 Å². The van der Waals surface area contributed by atoms with Crippen LogP contribution in [0.2, 0.25) is 0 Å². The Labute approximate surface area is 216 Å². The van der Waals surface area contributed by atoms with Crippen molar-refractivity contribution >= 4 is 26.6 Å². The van der Waals surface area contributed by atoms with Crippen LogP contribution in [0.1, 0.15) is 44.0 Å². The van der Waals surface area contributed by atoms with E-state index < -0.39 is 9.84 Å². The summed E-state index contributed by atoms with van der Waals surface area (Å²) in [5.74, 6) is 0.292. The fourth-order valence-electron chi connectivity index (χ4n) is 5.74. The summed E-state index contributed by atoms with van der Waals surface area (Å²) in [6.45, 7) is 6.09. The highest BCUT2D eigenvalue weighted by molar-refractivity contribution is 7.90. The van der Waals surface area contributed by atoms with Crippen molar-refractivity contribution in [1.29, 1.82) is 5.26 Å². The summed E-state index contributed by atoms with van der Waals surface area (Å²) in [4.78, 5) is 22.8. The van der Waals surface area contributed by atoms with Crippen LogP contribution in [-0.4, -0.2) is 60.9 Å². The molecule has 3 aromatic rings. The Hall–Kier alpha value is -3.42. The van der Waals surface area contributed by atoms with Gasteiger partial charge in [0.1, 0.15) is 29.6 Å². The Balaban J connectivity index is 1.54. The minimum atomic E-state index is -3.26. The number of nitrogens with zero attached hydrogens (tertiary/aromatic N) is 5. The zero-order chi connectivity index (χ0) is 26.5. The molecule has 0 spiro atoms.